The van der Waals surface area contributed by atoms with Crippen LogP contribution in [0.3, 0.4) is 0 Å². The van der Waals surface area contributed by atoms with Gasteiger partial charge in [-0.1, -0.05) is 0 Å². The lowest BCUT2D eigenvalue weighted by molar-refractivity contribution is -0.170. The van der Waals surface area contributed by atoms with Crippen molar-refractivity contribution < 1.29 is 39.3 Å². The van der Waals surface area contributed by atoms with Crippen molar-refractivity contribution in [1.29, 1.82) is 0 Å². The zero-order valence-electron chi connectivity index (χ0n) is 7.91. The Balaban J connectivity index is 5.29. The fourth-order valence-corrected chi connectivity index (χ4v) is 0.761. The maximum Gasteiger partial charge on any atom is 0.395 e. The molecule has 0 aromatic carbocycles. The highest BCUT2D eigenvalue weighted by Gasteiger charge is 2.38. The lowest BCUT2D eigenvalue weighted by atomic mass is 10.2. The lowest BCUT2D eigenvalue weighted by Gasteiger charge is -2.20. The molecule has 0 unspecified atom stereocenters. The van der Waals surface area contributed by atoms with Gasteiger partial charge in [-0.15, -0.1) is 0 Å². The first-order chi connectivity index (χ1) is 7.20. The highest BCUT2D eigenvalue weighted by molar-refractivity contribution is 6.43. The topological polar surface area (TPSA) is 149 Å². The van der Waals surface area contributed by atoms with E-state index in [9.17, 15) is 24.0 Å². The largest absolute Gasteiger partial charge is 0.480 e. The minimum Gasteiger partial charge on any atom is -0.480 e. The minimum absolute atomic E-state index is 0.354. The van der Waals surface area contributed by atoms with Crippen molar-refractivity contribution >= 4 is 29.7 Å². The van der Waals surface area contributed by atoms with Crippen LogP contribution in [0.1, 0.15) is 6.92 Å². The van der Waals surface area contributed by atoms with Crippen LogP contribution in [0.2, 0.25) is 0 Å². The SMILES string of the molecule is C[C@@H](C(=O)O)N(C(=O)C(=O)O)C(=O)C(=O)O. The van der Waals surface area contributed by atoms with E-state index < -0.39 is 35.8 Å². The average Bonchev–Trinajstić information content (AvgIpc) is 2.16. The Bertz CT molecular complexity index is 347. The van der Waals surface area contributed by atoms with Gasteiger partial charge in [0.25, 0.3) is 0 Å². The molecule has 0 bridgehead atoms. The second-order valence-electron chi connectivity index (χ2n) is 2.60. The summed E-state index contributed by atoms with van der Waals surface area (Å²) >= 11 is 0. The van der Waals surface area contributed by atoms with E-state index in [-0.39, 0.29) is 4.90 Å². The molecule has 0 aliphatic rings. The van der Waals surface area contributed by atoms with Gasteiger partial charge in [-0.3, -0.25) is 9.59 Å². The third-order valence-corrected chi connectivity index (χ3v) is 1.55. The number of amides is 2. The maximum absolute atomic E-state index is 10.9. The van der Waals surface area contributed by atoms with Crippen LogP contribution in [0.25, 0.3) is 0 Å². The van der Waals surface area contributed by atoms with Gasteiger partial charge in [-0.2, -0.15) is 0 Å². The Hall–Kier alpha value is -2.45. The number of imide groups is 1. The normalized spacial score (nSPS) is 11.3. The molecule has 0 heterocycles. The summed E-state index contributed by atoms with van der Waals surface area (Å²) in [4.78, 5) is 52.5. The van der Waals surface area contributed by atoms with E-state index in [0.717, 1.165) is 6.92 Å². The Kier molecular flexibility index (Phi) is 4.12. The first-order valence-corrected chi connectivity index (χ1v) is 3.76. The molecule has 0 radical (unpaired) electrons. The summed E-state index contributed by atoms with van der Waals surface area (Å²) in [5.74, 6) is -9.78. The highest BCUT2D eigenvalue weighted by atomic mass is 16.4. The molecule has 0 aromatic heterocycles. The molecule has 9 heteroatoms. The molecule has 9 nitrogen and oxygen atoms in total. The zero-order chi connectivity index (χ0) is 13.0. The van der Waals surface area contributed by atoms with E-state index in [1.807, 2.05) is 0 Å². The average molecular weight is 233 g/mol. The van der Waals surface area contributed by atoms with Crippen LogP contribution < -0.4 is 0 Å². The van der Waals surface area contributed by atoms with Crippen molar-refractivity contribution in [1.82, 2.24) is 4.90 Å². The van der Waals surface area contributed by atoms with E-state index in [2.05, 4.69) is 0 Å². The van der Waals surface area contributed by atoms with Crippen molar-refractivity contribution in [2.24, 2.45) is 0 Å². The first kappa shape index (κ1) is 13.5. The third-order valence-electron chi connectivity index (χ3n) is 1.55. The maximum atomic E-state index is 10.9. The summed E-state index contributed by atoms with van der Waals surface area (Å²) in [6, 6.07) is -1.88. The Morgan fingerprint density at radius 1 is 0.875 bits per heavy atom. The Morgan fingerprint density at radius 2 is 1.19 bits per heavy atom. The molecule has 0 aliphatic carbocycles. The van der Waals surface area contributed by atoms with Crippen LogP contribution >= 0.6 is 0 Å². The summed E-state index contributed by atoms with van der Waals surface area (Å²) in [7, 11) is 0. The van der Waals surface area contributed by atoms with Crippen molar-refractivity contribution in [3.63, 3.8) is 0 Å². The second-order valence-corrected chi connectivity index (χ2v) is 2.60. The number of rotatable bonds is 2. The first-order valence-electron chi connectivity index (χ1n) is 3.76. The number of hydrogen-bond donors (Lipinski definition) is 3. The van der Waals surface area contributed by atoms with Crippen LogP contribution in [0, 0.1) is 0 Å². The van der Waals surface area contributed by atoms with Gasteiger partial charge in [-0.25, -0.2) is 19.3 Å². The van der Waals surface area contributed by atoms with Crippen molar-refractivity contribution in [3.8, 4) is 0 Å². The van der Waals surface area contributed by atoms with E-state index in [0.29, 0.717) is 0 Å². The van der Waals surface area contributed by atoms with E-state index >= 15 is 0 Å². The van der Waals surface area contributed by atoms with Gasteiger partial charge < -0.3 is 15.3 Å². The third kappa shape index (κ3) is 2.77. The van der Waals surface area contributed by atoms with Crippen molar-refractivity contribution in [2.75, 3.05) is 0 Å². The van der Waals surface area contributed by atoms with Gasteiger partial charge in [0, 0.05) is 0 Å². The van der Waals surface area contributed by atoms with Crippen LogP contribution in [-0.4, -0.2) is 56.0 Å². The molecule has 0 spiro atoms. The van der Waals surface area contributed by atoms with Crippen LogP contribution in [0.15, 0.2) is 0 Å². The summed E-state index contributed by atoms with van der Waals surface area (Å²) in [5, 5.41) is 25.1. The monoisotopic (exact) mass is 233 g/mol. The molecule has 0 aliphatic heterocycles. The highest BCUT2D eigenvalue weighted by Crippen LogP contribution is 2.02. The molecule has 2 amide bonds. The fourth-order valence-electron chi connectivity index (χ4n) is 0.761. The zero-order valence-corrected chi connectivity index (χ0v) is 7.91. The number of aliphatic carboxylic acids is 3. The molecular weight excluding hydrogens is 226 g/mol. The van der Waals surface area contributed by atoms with Gasteiger partial charge >= 0.3 is 29.7 Å². The van der Waals surface area contributed by atoms with Crippen LogP contribution in [0.5, 0.6) is 0 Å². The number of carbonyl (C=O) groups is 5. The molecule has 3 N–H and O–H groups in total. The van der Waals surface area contributed by atoms with Gasteiger partial charge in [0.2, 0.25) is 0 Å². The molecule has 0 saturated carbocycles. The second kappa shape index (κ2) is 4.87. The van der Waals surface area contributed by atoms with E-state index in [1.165, 1.54) is 0 Å². The Morgan fingerprint density at radius 3 is 1.38 bits per heavy atom. The minimum atomic E-state index is -2.12. The number of carboxylic acid groups (broad SMARTS) is 3. The molecule has 0 rings (SSSR count). The molecule has 1 atom stereocenters. The van der Waals surface area contributed by atoms with Gasteiger partial charge in [0.1, 0.15) is 6.04 Å². The van der Waals surface area contributed by atoms with Gasteiger partial charge in [0.15, 0.2) is 0 Å². The number of hydrogen-bond acceptors (Lipinski definition) is 5. The molecule has 88 valence electrons. The predicted molar refractivity (Wildman–Crippen MR) is 44.2 cm³/mol. The van der Waals surface area contributed by atoms with E-state index in [4.69, 9.17) is 15.3 Å². The summed E-state index contributed by atoms with van der Waals surface area (Å²) in [6.07, 6.45) is 0. The van der Waals surface area contributed by atoms with E-state index in [1.54, 1.807) is 0 Å². The predicted octanol–water partition coefficient (Wildman–Crippen LogP) is -2.02. The smallest absolute Gasteiger partial charge is 0.395 e. The number of carbonyl (C=O) groups excluding carboxylic acids is 2. The van der Waals surface area contributed by atoms with Gasteiger partial charge in [0.05, 0.1) is 0 Å². The Labute approximate surface area is 87.9 Å². The standard InChI is InChI=1S/C7H7NO8/c1-2(5(11)12)8(3(9)6(13)14)4(10)7(15)16/h2H,1H3,(H,11,12)(H,13,14)(H,15,16)/t2-/m0/s1. The fraction of sp³-hybridized carbons (Fsp3) is 0.286. The molecule has 0 aromatic rings. The summed E-state index contributed by atoms with van der Waals surface area (Å²) < 4.78 is 0. The summed E-state index contributed by atoms with van der Waals surface area (Å²) in [5.41, 5.74) is 0. The number of carboxylic acids is 3. The lowest BCUT2D eigenvalue weighted by Crippen LogP contribution is -2.52. The molecule has 0 fully saturated rings. The van der Waals surface area contributed by atoms with Crippen LogP contribution in [0.4, 0.5) is 0 Å². The molecule has 16 heavy (non-hydrogen) atoms. The van der Waals surface area contributed by atoms with Crippen LogP contribution in [-0.2, 0) is 24.0 Å². The molecular formula is C7H7NO8. The van der Waals surface area contributed by atoms with Gasteiger partial charge in [-0.05, 0) is 6.92 Å². The van der Waals surface area contributed by atoms with Crippen molar-refractivity contribution in [2.45, 2.75) is 13.0 Å². The quantitative estimate of drug-likeness (QED) is 0.462. The molecule has 0 saturated heterocycles. The van der Waals surface area contributed by atoms with Crippen molar-refractivity contribution in [3.05, 3.63) is 0 Å². The number of nitrogens with zero attached hydrogens (tertiary/aromatic N) is 1. The summed E-state index contributed by atoms with van der Waals surface area (Å²) in [6.45, 7) is 0.810.